The molecule has 92 valence electrons. The van der Waals surface area contributed by atoms with E-state index in [2.05, 4.69) is 16.4 Å². The number of phenolic OH excluding ortho intramolecular Hbond substituents is 1. The maximum absolute atomic E-state index is 9.37. The predicted octanol–water partition coefficient (Wildman–Crippen LogP) is 2.35. The van der Waals surface area contributed by atoms with Crippen LogP contribution in [0.4, 0.5) is 11.5 Å². The SMILES string of the molecule is N[C@H]1C[C@@H]1c1ccc(Nc2cccc(O)c2)nc1. The molecule has 1 aromatic heterocycles. The van der Waals surface area contributed by atoms with E-state index in [1.54, 1.807) is 18.2 Å². The zero-order chi connectivity index (χ0) is 12.5. The van der Waals surface area contributed by atoms with Crippen molar-refractivity contribution in [2.75, 3.05) is 5.32 Å². The van der Waals surface area contributed by atoms with E-state index in [9.17, 15) is 5.11 Å². The number of anilines is 2. The fourth-order valence-electron chi connectivity index (χ4n) is 2.03. The number of hydrogen-bond acceptors (Lipinski definition) is 4. The molecule has 1 saturated carbocycles. The van der Waals surface area contributed by atoms with E-state index in [1.165, 1.54) is 5.56 Å². The first kappa shape index (κ1) is 11.0. The lowest BCUT2D eigenvalue weighted by atomic mass is 10.2. The van der Waals surface area contributed by atoms with Gasteiger partial charge in [-0.05, 0) is 30.2 Å². The second kappa shape index (κ2) is 4.31. The zero-order valence-electron chi connectivity index (χ0n) is 9.88. The van der Waals surface area contributed by atoms with Gasteiger partial charge in [0.05, 0.1) is 0 Å². The van der Waals surface area contributed by atoms with E-state index in [4.69, 9.17) is 5.73 Å². The molecule has 4 heteroatoms. The molecule has 2 aromatic rings. The normalized spacial score (nSPS) is 21.6. The predicted molar refractivity (Wildman–Crippen MR) is 71.0 cm³/mol. The number of nitrogens with two attached hydrogens (primary N) is 1. The number of hydrogen-bond donors (Lipinski definition) is 3. The maximum atomic E-state index is 9.37. The third kappa shape index (κ3) is 2.28. The van der Waals surface area contributed by atoms with Gasteiger partial charge >= 0.3 is 0 Å². The molecule has 4 nitrogen and oxygen atoms in total. The second-order valence-corrected chi connectivity index (χ2v) is 4.66. The maximum Gasteiger partial charge on any atom is 0.130 e. The lowest BCUT2D eigenvalue weighted by Crippen LogP contribution is -2.01. The third-order valence-corrected chi connectivity index (χ3v) is 3.17. The highest BCUT2D eigenvalue weighted by atomic mass is 16.3. The molecule has 1 aliphatic rings. The standard InChI is InChI=1S/C14H15N3O/c15-13-7-12(13)9-4-5-14(16-8-9)17-10-2-1-3-11(18)6-10/h1-6,8,12-13,18H,7,15H2,(H,16,17)/t12-,13+/m1/s1. The van der Waals surface area contributed by atoms with Crippen LogP contribution in [0.2, 0.25) is 0 Å². The van der Waals surface area contributed by atoms with E-state index in [0.29, 0.717) is 12.0 Å². The smallest absolute Gasteiger partial charge is 0.130 e. The van der Waals surface area contributed by atoms with Gasteiger partial charge in [0.2, 0.25) is 0 Å². The summed E-state index contributed by atoms with van der Waals surface area (Å²) < 4.78 is 0. The van der Waals surface area contributed by atoms with Gasteiger partial charge in [-0.25, -0.2) is 4.98 Å². The Morgan fingerprint density at radius 3 is 2.72 bits per heavy atom. The number of nitrogens with one attached hydrogen (secondary N) is 1. The molecular formula is C14H15N3O. The summed E-state index contributed by atoms with van der Waals surface area (Å²) >= 11 is 0. The Balaban J connectivity index is 1.73. The van der Waals surface area contributed by atoms with Crippen LogP contribution in [0.5, 0.6) is 5.75 Å². The average molecular weight is 241 g/mol. The van der Waals surface area contributed by atoms with Crippen molar-refractivity contribution in [3.8, 4) is 5.75 Å². The van der Waals surface area contributed by atoms with Crippen molar-refractivity contribution < 1.29 is 5.11 Å². The molecule has 1 heterocycles. The molecular weight excluding hydrogens is 226 g/mol. The van der Waals surface area contributed by atoms with Crippen molar-refractivity contribution in [2.24, 2.45) is 5.73 Å². The topological polar surface area (TPSA) is 71.2 Å². The summed E-state index contributed by atoms with van der Waals surface area (Å²) in [5.74, 6) is 1.48. The van der Waals surface area contributed by atoms with Gasteiger partial charge in [-0.3, -0.25) is 0 Å². The van der Waals surface area contributed by atoms with Crippen LogP contribution in [0, 0.1) is 0 Å². The van der Waals surface area contributed by atoms with Gasteiger partial charge in [-0.1, -0.05) is 12.1 Å². The Labute approximate surface area is 105 Å². The van der Waals surface area contributed by atoms with Crippen LogP contribution >= 0.6 is 0 Å². The Morgan fingerprint density at radius 1 is 1.28 bits per heavy atom. The van der Waals surface area contributed by atoms with Gasteiger partial charge in [0.1, 0.15) is 11.6 Å². The molecule has 0 saturated heterocycles. The second-order valence-electron chi connectivity index (χ2n) is 4.66. The Bertz CT molecular complexity index is 553. The van der Waals surface area contributed by atoms with Crippen molar-refractivity contribution in [3.05, 3.63) is 48.2 Å². The minimum atomic E-state index is 0.237. The minimum absolute atomic E-state index is 0.237. The summed E-state index contributed by atoms with van der Waals surface area (Å²) in [6.45, 7) is 0. The van der Waals surface area contributed by atoms with Gasteiger partial charge in [-0.2, -0.15) is 0 Å². The third-order valence-electron chi connectivity index (χ3n) is 3.17. The lowest BCUT2D eigenvalue weighted by Gasteiger charge is -2.06. The Morgan fingerprint density at radius 2 is 2.11 bits per heavy atom. The number of benzene rings is 1. The quantitative estimate of drug-likeness (QED) is 0.771. The highest BCUT2D eigenvalue weighted by molar-refractivity contribution is 5.58. The molecule has 3 rings (SSSR count). The monoisotopic (exact) mass is 241 g/mol. The van der Waals surface area contributed by atoms with E-state index in [1.807, 2.05) is 18.3 Å². The van der Waals surface area contributed by atoms with Crippen LogP contribution in [-0.2, 0) is 0 Å². The van der Waals surface area contributed by atoms with E-state index < -0.39 is 0 Å². The van der Waals surface area contributed by atoms with Gasteiger partial charge in [0.15, 0.2) is 0 Å². The molecule has 1 fully saturated rings. The fourth-order valence-corrected chi connectivity index (χ4v) is 2.03. The first-order valence-electron chi connectivity index (χ1n) is 6.00. The van der Waals surface area contributed by atoms with Gasteiger partial charge in [0.25, 0.3) is 0 Å². The van der Waals surface area contributed by atoms with Crippen LogP contribution in [0.3, 0.4) is 0 Å². The number of rotatable bonds is 3. The van der Waals surface area contributed by atoms with Crippen LogP contribution in [0.1, 0.15) is 17.9 Å². The Hall–Kier alpha value is -2.07. The van der Waals surface area contributed by atoms with Gasteiger partial charge in [0, 0.05) is 29.9 Å². The minimum Gasteiger partial charge on any atom is -0.508 e. The van der Waals surface area contributed by atoms with Crippen LogP contribution in [0.15, 0.2) is 42.6 Å². The molecule has 0 bridgehead atoms. The number of phenols is 1. The van der Waals surface area contributed by atoms with Crippen molar-refractivity contribution in [3.63, 3.8) is 0 Å². The number of nitrogens with zero attached hydrogens (tertiary/aromatic N) is 1. The first-order valence-corrected chi connectivity index (χ1v) is 6.00. The van der Waals surface area contributed by atoms with Gasteiger partial charge in [-0.15, -0.1) is 0 Å². The van der Waals surface area contributed by atoms with Gasteiger partial charge < -0.3 is 16.2 Å². The molecule has 18 heavy (non-hydrogen) atoms. The number of aromatic hydroxyl groups is 1. The molecule has 4 N–H and O–H groups in total. The van der Waals surface area contributed by atoms with Crippen molar-refractivity contribution in [2.45, 2.75) is 18.4 Å². The average Bonchev–Trinajstić information content (AvgIpc) is 3.07. The molecule has 0 aliphatic heterocycles. The molecule has 1 aliphatic carbocycles. The molecule has 2 atom stereocenters. The highest BCUT2D eigenvalue weighted by Gasteiger charge is 2.34. The van der Waals surface area contributed by atoms with Crippen molar-refractivity contribution in [1.29, 1.82) is 0 Å². The summed E-state index contributed by atoms with van der Waals surface area (Å²) in [6, 6.07) is 11.3. The summed E-state index contributed by atoms with van der Waals surface area (Å²) in [7, 11) is 0. The fraction of sp³-hybridized carbons (Fsp3) is 0.214. The molecule has 0 amide bonds. The van der Waals surface area contributed by atoms with E-state index in [0.717, 1.165) is 17.9 Å². The number of pyridine rings is 1. The van der Waals surface area contributed by atoms with Crippen molar-refractivity contribution >= 4 is 11.5 Å². The molecule has 0 unspecified atom stereocenters. The molecule has 0 radical (unpaired) electrons. The van der Waals surface area contributed by atoms with E-state index in [-0.39, 0.29) is 5.75 Å². The van der Waals surface area contributed by atoms with Crippen LogP contribution in [-0.4, -0.2) is 16.1 Å². The summed E-state index contributed by atoms with van der Waals surface area (Å²) in [6.07, 6.45) is 2.92. The van der Waals surface area contributed by atoms with Crippen LogP contribution in [0.25, 0.3) is 0 Å². The Kier molecular flexibility index (Phi) is 2.64. The molecule has 1 aromatic carbocycles. The summed E-state index contributed by atoms with van der Waals surface area (Å²) in [5, 5.41) is 12.5. The van der Waals surface area contributed by atoms with E-state index >= 15 is 0 Å². The summed E-state index contributed by atoms with van der Waals surface area (Å²) in [4.78, 5) is 4.35. The zero-order valence-corrected chi connectivity index (χ0v) is 9.88. The highest BCUT2D eigenvalue weighted by Crippen LogP contribution is 2.38. The van der Waals surface area contributed by atoms with Crippen molar-refractivity contribution in [1.82, 2.24) is 4.98 Å². The largest absolute Gasteiger partial charge is 0.508 e. The number of aromatic nitrogens is 1. The van der Waals surface area contributed by atoms with Crippen LogP contribution < -0.4 is 11.1 Å². The molecule has 0 spiro atoms. The summed E-state index contributed by atoms with van der Waals surface area (Å²) in [5.41, 5.74) is 7.82. The lowest BCUT2D eigenvalue weighted by molar-refractivity contribution is 0.475. The first-order chi connectivity index (χ1) is 8.72.